The molecule has 0 bridgehead atoms. The molecule has 0 saturated heterocycles. The molecule has 8 heteroatoms. The van der Waals surface area contributed by atoms with E-state index in [-0.39, 0.29) is 5.76 Å². The highest BCUT2D eigenvalue weighted by atomic mass is 35.5. The van der Waals surface area contributed by atoms with Gasteiger partial charge in [0.25, 0.3) is 15.9 Å². The van der Waals surface area contributed by atoms with Gasteiger partial charge in [-0.25, -0.2) is 13.6 Å². The van der Waals surface area contributed by atoms with Gasteiger partial charge in [-0.3, -0.25) is 4.79 Å². The van der Waals surface area contributed by atoms with E-state index in [4.69, 9.17) is 21.2 Å². The van der Waals surface area contributed by atoms with Gasteiger partial charge in [0.05, 0.1) is 0 Å². The molecule has 3 N–H and O–H groups in total. The topological polar surface area (TPSA) is 102 Å². The Labute approximate surface area is 126 Å². The summed E-state index contributed by atoms with van der Waals surface area (Å²) in [5, 5.41) is 7.69. The molecular weight excluding hydrogens is 316 g/mol. The average molecular weight is 329 g/mol. The second-order valence-corrected chi connectivity index (χ2v) is 6.16. The van der Waals surface area contributed by atoms with Gasteiger partial charge in [0, 0.05) is 11.6 Å². The molecule has 0 saturated carbocycles. The number of rotatable bonds is 5. The van der Waals surface area contributed by atoms with E-state index in [9.17, 15) is 13.2 Å². The molecule has 2 rings (SSSR count). The lowest BCUT2D eigenvalue weighted by atomic mass is 10.1. The molecule has 21 heavy (non-hydrogen) atoms. The summed E-state index contributed by atoms with van der Waals surface area (Å²) in [5.74, 6) is -0.630. The quantitative estimate of drug-likeness (QED) is 0.869. The summed E-state index contributed by atoms with van der Waals surface area (Å²) in [6, 6.07) is 9.70. The van der Waals surface area contributed by atoms with Gasteiger partial charge >= 0.3 is 0 Å². The van der Waals surface area contributed by atoms with Crippen LogP contribution in [0.2, 0.25) is 5.02 Å². The number of furan rings is 1. The number of hydrogen-bond acceptors (Lipinski definition) is 4. The van der Waals surface area contributed by atoms with Crippen molar-refractivity contribution in [1.29, 1.82) is 0 Å². The van der Waals surface area contributed by atoms with Gasteiger partial charge in [-0.15, -0.1) is 0 Å². The summed E-state index contributed by atoms with van der Waals surface area (Å²) in [6.45, 7) is 0.341. The van der Waals surface area contributed by atoms with E-state index in [1.165, 1.54) is 6.07 Å². The number of halogens is 1. The molecule has 0 atom stereocenters. The van der Waals surface area contributed by atoms with Crippen LogP contribution in [0.15, 0.2) is 45.9 Å². The van der Waals surface area contributed by atoms with Crippen LogP contribution >= 0.6 is 11.6 Å². The van der Waals surface area contributed by atoms with Gasteiger partial charge in [0.1, 0.15) is 0 Å². The van der Waals surface area contributed by atoms with E-state index >= 15 is 0 Å². The van der Waals surface area contributed by atoms with Gasteiger partial charge < -0.3 is 9.73 Å². The molecule has 0 aliphatic rings. The minimum atomic E-state index is -3.95. The van der Waals surface area contributed by atoms with Gasteiger partial charge in [-0.05, 0) is 30.2 Å². The predicted octanol–water partition coefficient (Wildman–Crippen LogP) is 1.55. The summed E-state index contributed by atoms with van der Waals surface area (Å²) in [5.41, 5.74) is 0.907. The Morgan fingerprint density at radius 1 is 1.24 bits per heavy atom. The van der Waals surface area contributed by atoms with Crippen LogP contribution in [-0.2, 0) is 16.4 Å². The molecule has 0 fully saturated rings. The van der Waals surface area contributed by atoms with Crippen molar-refractivity contribution >= 4 is 27.5 Å². The second kappa shape index (κ2) is 6.30. The maximum atomic E-state index is 11.8. The van der Waals surface area contributed by atoms with Crippen molar-refractivity contribution in [2.75, 3.05) is 6.54 Å². The van der Waals surface area contributed by atoms with E-state index in [0.717, 1.165) is 11.6 Å². The van der Waals surface area contributed by atoms with Gasteiger partial charge in [-0.2, -0.15) is 0 Å². The van der Waals surface area contributed by atoms with E-state index in [1.54, 1.807) is 6.07 Å². The fourth-order valence-corrected chi connectivity index (χ4v) is 2.39. The number of amides is 1. The van der Waals surface area contributed by atoms with Crippen molar-refractivity contribution in [1.82, 2.24) is 5.32 Å². The zero-order valence-corrected chi connectivity index (χ0v) is 12.4. The van der Waals surface area contributed by atoms with Gasteiger partial charge in [0.15, 0.2) is 5.76 Å². The number of benzene rings is 1. The molecule has 2 aromatic rings. The number of sulfonamides is 1. The largest absolute Gasteiger partial charge is 0.438 e. The number of nitrogens with one attached hydrogen (secondary N) is 1. The first-order valence-electron chi connectivity index (χ1n) is 6.02. The molecule has 1 heterocycles. The third-order valence-electron chi connectivity index (χ3n) is 2.72. The van der Waals surface area contributed by atoms with Crippen molar-refractivity contribution in [2.45, 2.75) is 11.5 Å². The highest BCUT2D eigenvalue weighted by Gasteiger charge is 2.17. The number of primary sulfonamides is 1. The number of carbonyl (C=O) groups excluding carboxylic acids is 1. The number of nitrogens with two attached hydrogens (primary N) is 1. The Balaban J connectivity index is 1.94. The molecule has 0 aliphatic heterocycles. The normalized spacial score (nSPS) is 11.3. The molecule has 0 radical (unpaired) electrons. The van der Waals surface area contributed by atoms with Crippen LogP contribution in [0.3, 0.4) is 0 Å². The number of hydrogen-bond donors (Lipinski definition) is 2. The Morgan fingerprint density at radius 2 is 1.95 bits per heavy atom. The summed E-state index contributed by atoms with van der Waals surface area (Å²) in [7, 11) is -3.95. The summed E-state index contributed by atoms with van der Waals surface area (Å²) >= 11 is 6.00. The van der Waals surface area contributed by atoms with Crippen molar-refractivity contribution in [3.63, 3.8) is 0 Å². The third kappa shape index (κ3) is 4.07. The van der Waals surface area contributed by atoms with E-state index in [1.807, 2.05) is 18.2 Å². The highest BCUT2D eigenvalue weighted by molar-refractivity contribution is 7.89. The monoisotopic (exact) mass is 328 g/mol. The Morgan fingerprint density at radius 3 is 2.57 bits per heavy atom. The van der Waals surface area contributed by atoms with Gasteiger partial charge in [-0.1, -0.05) is 29.8 Å². The fourth-order valence-electron chi connectivity index (χ4n) is 1.69. The number of carbonyl (C=O) groups is 1. The predicted molar refractivity (Wildman–Crippen MR) is 77.6 cm³/mol. The van der Waals surface area contributed by atoms with Crippen molar-refractivity contribution < 1.29 is 17.6 Å². The van der Waals surface area contributed by atoms with E-state index in [2.05, 4.69) is 5.32 Å². The molecule has 112 valence electrons. The lowest BCUT2D eigenvalue weighted by Crippen LogP contribution is -2.25. The smallest absolute Gasteiger partial charge is 0.287 e. The van der Waals surface area contributed by atoms with E-state index < -0.39 is 21.0 Å². The lowest BCUT2D eigenvalue weighted by Gasteiger charge is -2.05. The second-order valence-electron chi connectivity index (χ2n) is 4.26. The summed E-state index contributed by atoms with van der Waals surface area (Å²) < 4.78 is 27.0. The average Bonchev–Trinajstić information content (AvgIpc) is 2.90. The Bertz CT molecular complexity index is 755. The van der Waals surface area contributed by atoms with Crippen LogP contribution in [-0.4, -0.2) is 20.9 Å². The molecule has 1 aromatic heterocycles. The lowest BCUT2D eigenvalue weighted by molar-refractivity contribution is 0.0921. The van der Waals surface area contributed by atoms with Crippen LogP contribution in [0, 0.1) is 0 Å². The molecule has 6 nitrogen and oxygen atoms in total. The highest BCUT2D eigenvalue weighted by Crippen LogP contribution is 2.15. The Kier molecular flexibility index (Phi) is 4.66. The zero-order chi connectivity index (χ0) is 15.5. The maximum absolute atomic E-state index is 11.8. The zero-order valence-electron chi connectivity index (χ0n) is 10.9. The Hall–Kier alpha value is -1.83. The third-order valence-corrected chi connectivity index (χ3v) is 3.87. The molecule has 0 aliphatic carbocycles. The first-order valence-corrected chi connectivity index (χ1v) is 7.94. The first-order chi connectivity index (χ1) is 9.88. The van der Waals surface area contributed by atoms with Crippen LogP contribution in [0.25, 0.3) is 0 Å². The standard InChI is InChI=1S/C13H13ClN2O4S/c14-10-4-2-1-3-9(10)7-8-16-13(17)11-5-6-12(20-11)21(15,18)19/h1-6H,7-8H2,(H,16,17)(H2,15,18,19). The summed E-state index contributed by atoms with van der Waals surface area (Å²) in [4.78, 5) is 11.8. The van der Waals surface area contributed by atoms with Crippen molar-refractivity contribution in [2.24, 2.45) is 5.14 Å². The molecule has 0 unspecified atom stereocenters. The molecule has 1 aromatic carbocycles. The van der Waals surface area contributed by atoms with Crippen LogP contribution in [0.5, 0.6) is 0 Å². The first kappa shape index (κ1) is 15.6. The molecule has 0 spiro atoms. The van der Waals surface area contributed by atoms with Crippen LogP contribution in [0.4, 0.5) is 0 Å². The van der Waals surface area contributed by atoms with E-state index in [0.29, 0.717) is 18.0 Å². The SMILES string of the molecule is NS(=O)(=O)c1ccc(C(=O)NCCc2ccccc2Cl)o1. The van der Waals surface area contributed by atoms with Crippen molar-refractivity contribution in [3.8, 4) is 0 Å². The molecule has 1 amide bonds. The van der Waals surface area contributed by atoms with Gasteiger partial charge in [0.2, 0.25) is 5.09 Å². The minimum absolute atomic E-state index is 0.113. The van der Waals surface area contributed by atoms with Crippen LogP contribution < -0.4 is 10.5 Å². The van der Waals surface area contributed by atoms with Crippen molar-refractivity contribution in [3.05, 3.63) is 52.7 Å². The van der Waals surface area contributed by atoms with Crippen LogP contribution in [0.1, 0.15) is 16.1 Å². The summed E-state index contributed by atoms with van der Waals surface area (Å²) in [6.07, 6.45) is 0.550. The molecular formula is C13H13ClN2O4S. The fraction of sp³-hybridized carbons (Fsp3) is 0.154. The minimum Gasteiger partial charge on any atom is -0.438 e. The maximum Gasteiger partial charge on any atom is 0.287 e.